The lowest BCUT2D eigenvalue weighted by Crippen LogP contribution is -2.14. The first-order valence-electron chi connectivity index (χ1n) is 7.45. The zero-order valence-corrected chi connectivity index (χ0v) is 13.8. The van der Waals surface area contributed by atoms with Crippen LogP contribution in [0.4, 0.5) is 14.5 Å². The molecule has 0 atom stereocenters. The standard InChI is InChI=1S/C18H14F2N2O2S/c19-18(20)25-15-8-6-13(7-9-15)21-16(23)10-14-11-24-17(22-14)12-4-2-1-3-5-12/h1-9,11,18H,10H2,(H,21,23). The molecule has 128 valence electrons. The summed E-state index contributed by atoms with van der Waals surface area (Å²) in [6.07, 6.45) is 1.51. The van der Waals surface area contributed by atoms with Gasteiger partial charge in [0, 0.05) is 16.1 Å². The van der Waals surface area contributed by atoms with Gasteiger partial charge in [0.2, 0.25) is 11.8 Å². The number of nitrogens with one attached hydrogen (secondary N) is 1. The summed E-state index contributed by atoms with van der Waals surface area (Å²) in [5, 5.41) is 2.70. The molecule has 0 aliphatic rings. The van der Waals surface area contributed by atoms with E-state index in [9.17, 15) is 13.6 Å². The number of anilines is 1. The maximum atomic E-state index is 12.3. The third-order valence-electron chi connectivity index (χ3n) is 3.28. The number of alkyl halides is 2. The number of oxazole rings is 1. The Hall–Kier alpha value is -2.67. The molecular formula is C18H14F2N2O2S. The van der Waals surface area contributed by atoms with Crippen molar-refractivity contribution in [3.63, 3.8) is 0 Å². The second kappa shape index (κ2) is 7.94. The number of aromatic nitrogens is 1. The molecule has 0 fully saturated rings. The number of benzene rings is 2. The highest BCUT2D eigenvalue weighted by molar-refractivity contribution is 7.99. The van der Waals surface area contributed by atoms with Gasteiger partial charge in [0.05, 0.1) is 12.1 Å². The molecule has 2 aromatic carbocycles. The molecule has 0 aliphatic heterocycles. The fraction of sp³-hybridized carbons (Fsp3) is 0.111. The molecule has 0 spiro atoms. The molecule has 0 saturated heterocycles. The van der Waals surface area contributed by atoms with Gasteiger partial charge in [-0.25, -0.2) is 4.98 Å². The third kappa shape index (κ3) is 4.90. The number of nitrogens with zero attached hydrogens (tertiary/aromatic N) is 1. The summed E-state index contributed by atoms with van der Waals surface area (Å²) in [5.41, 5.74) is 1.89. The van der Waals surface area contributed by atoms with Crippen LogP contribution in [0, 0.1) is 0 Å². The molecule has 0 saturated carbocycles. The quantitative estimate of drug-likeness (QED) is 0.639. The average molecular weight is 360 g/mol. The lowest BCUT2D eigenvalue weighted by Gasteiger charge is -2.05. The van der Waals surface area contributed by atoms with Crippen molar-refractivity contribution in [1.29, 1.82) is 0 Å². The van der Waals surface area contributed by atoms with E-state index in [1.165, 1.54) is 18.4 Å². The van der Waals surface area contributed by atoms with Gasteiger partial charge < -0.3 is 9.73 Å². The summed E-state index contributed by atoms with van der Waals surface area (Å²) < 4.78 is 29.9. The highest BCUT2D eigenvalue weighted by Crippen LogP contribution is 2.26. The molecule has 1 heterocycles. The van der Waals surface area contributed by atoms with Crippen molar-refractivity contribution < 1.29 is 18.0 Å². The van der Waals surface area contributed by atoms with E-state index in [1.54, 1.807) is 12.1 Å². The summed E-state index contributed by atoms with van der Waals surface area (Å²) >= 11 is 0.461. The zero-order valence-electron chi connectivity index (χ0n) is 13.0. The molecule has 0 unspecified atom stereocenters. The van der Waals surface area contributed by atoms with Gasteiger partial charge in [0.25, 0.3) is 5.76 Å². The van der Waals surface area contributed by atoms with Crippen molar-refractivity contribution in [2.45, 2.75) is 17.1 Å². The lowest BCUT2D eigenvalue weighted by atomic mass is 10.2. The minimum Gasteiger partial charge on any atom is -0.444 e. The Morgan fingerprint density at radius 2 is 1.84 bits per heavy atom. The molecule has 3 rings (SSSR count). The summed E-state index contributed by atoms with van der Waals surface area (Å²) in [6, 6.07) is 15.6. The second-order valence-corrected chi connectivity index (χ2v) is 6.20. The summed E-state index contributed by atoms with van der Waals surface area (Å²) in [5.74, 6) is -2.27. The van der Waals surface area contributed by atoms with Gasteiger partial charge in [-0.1, -0.05) is 30.0 Å². The van der Waals surface area contributed by atoms with Crippen LogP contribution in [0.3, 0.4) is 0 Å². The maximum Gasteiger partial charge on any atom is 0.288 e. The molecule has 4 nitrogen and oxygen atoms in total. The monoisotopic (exact) mass is 360 g/mol. The molecule has 1 aromatic heterocycles. The fourth-order valence-corrected chi connectivity index (χ4v) is 2.69. The molecule has 7 heteroatoms. The summed E-state index contributed by atoms with van der Waals surface area (Å²) in [4.78, 5) is 16.8. The number of hydrogen-bond donors (Lipinski definition) is 1. The summed E-state index contributed by atoms with van der Waals surface area (Å²) in [6.45, 7) is 0. The lowest BCUT2D eigenvalue weighted by molar-refractivity contribution is -0.115. The Balaban J connectivity index is 1.58. The van der Waals surface area contributed by atoms with E-state index in [-0.39, 0.29) is 12.3 Å². The van der Waals surface area contributed by atoms with Crippen LogP contribution < -0.4 is 5.32 Å². The highest BCUT2D eigenvalue weighted by atomic mass is 32.2. The molecule has 1 amide bonds. The van der Waals surface area contributed by atoms with Crippen LogP contribution in [0.5, 0.6) is 0 Å². The maximum absolute atomic E-state index is 12.3. The van der Waals surface area contributed by atoms with Crippen molar-refractivity contribution >= 4 is 23.4 Å². The van der Waals surface area contributed by atoms with Crippen LogP contribution in [-0.4, -0.2) is 16.6 Å². The van der Waals surface area contributed by atoms with E-state index in [0.717, 1.165) is 5.56 Å². The fourth-order valence-electron chi connectivity index (χ4n) is 2.19. The molecule has 25 heavy (non-hydrogen) atoms. The number of carbonyl (C=O) groups is 1. The number of rotatable bonds is 6. The third-order valence-corrected chi connectivity index (χ3v) is 4.00. The van der Waals surface area contributed by atoms with Crippen LogP contribution in [0.1, 0.15) is 5.69 Å². The smallest absolute Gasteiger partial charge is 0.288 e. The normalized spacial score (nSPS) is 10.8. The molecule has 0 aliphatic carbocycles. The van der Waals surface area contributed by atoms with Crippen molar-refractivity contribution in [2.75, 3.05) is 5.32 Å². The van der Waals surface area contributed by atoms with Gasteiger partial charge in [0.1, 0.15) is 6.26 Å². The average Bonchev–Trinajstić information content (AvgIpc) is 3.05. The van der Waals surface area contributed by atoms with Crippen LogP contribution in [0.25, 0.3) is 11.5 Å². The van der Waals surface area contributed by atoms with Gasteiger partial charge in [0.15, 0.2) is 0 Å². The molecule has 1 N–H and O–H groups in total. The summed E-state index contributed by atoms with van der Waals surface area (Å²) in [7, 11) is 0. The van der Waals surface area contributed by atoms with Gasteiger partial charge in [-0.2, -0.15) is 8.78 Å². The Bertz CT molecular complexity index is 836. The van der Waals surface area contributed by atoms with Gasteiger partial charge in [-0.3, -0.25) is 4.79 Å². The van der Waals surface area contributed by atoms with E-state index in [4.69, 9.17) is 4.42 Å². The Labute approximate surface area is 147 Å². The first-order valence-corrected chi connectivity index (χ1v) is 8.32. The topological polar surface area (TPSA) is 55.1 Å². The van der Waals surface area contributed by atoms with Crippen molar-refractivity contribution in [3.05, 3.63) is 66.6 Å². The Morgan fingerprint density at radius 3 is 2.52 bits per heavy atom. The van der Waals surface area contributed by atoms with Crippen LogP contribution >= 0.6 is 11.8 Å². The molecule has 0 radical (unpaired) electrons. The molecule has 0 bridgehead atoms. The van der Waals surface area contributed by atoms with Crippen molar-refractivity contribution in [3.8, 4) is 11.5 Å². The molecular weight excluding hydrogens is 346 g/mol. The number of amides is 1. The number of carbonyl (C=O) groups excluding carboxylic acids is 1. The number of hydrogen-bond acceptors (Lipinski definition) is 4. The van der Waals surface area contributed by atoms with E-state index >= 15 is 0 Å². The molecule has 3 aromatic rings. The predicted molar refractivity (Wildman–Crippen MR) is 92.6 cm³/mol. The largest absolute Gasteiger partial charge is 0.444 e. The zero-order chi connectivity index (χ0) is 17.6. The van der Waals surface area contributed by atoms with E-state index in [2.05, 4.69) is 10.3 Å². The van der Waals surface area contributed by atoms with E-state index < -0.39 is 5.76 Å². The SMILES string of the molecule is O=C(Cc1coc(-c2ccccc2)n1)Nc1ccc(SC(F)F)cc1. The number of halogens is 2. The first-order chi connectivity index (χ1) is 12.1. The Morgan fingerprint density at radius 1 is 1.12 bits per heavy atom. The minimum absolute atomic E-state index is 0.0594. The van der Waals surface area contributed by atoms with Gasteiger partial charge in [-0.05, 0) is 36.4 Å². The number of thioether (sulfide) groups is 1. The van der Waals surface area contributed by atoms with Crippen molar-refractivity contribution in [2.24, 2.45) is 0 Å². The van der Waals surface area contributed by atoms with Crippen LogP contribution in [0.15, 0.2) is 70.2 Å². The van der Waals surface area contributed by atoms with Gasteiger partial charge in [-0.15, -0.1) is 0 Å². The predicted octanol–water partition coefficient (Wildman–Crippen LogP) is 4.84. The minimum atomic E-state index is -2.47. The van der Waals surface area contributed by atoms with Crippen molar-refractivity contribution in [1.82, 2.24) is 4.98 Å². The second-order valence-electron chi connectivity index (χ2n) is 5.14. The first kappa shape index (κ1) is 17.2. The van der Waals surface area contributed by atoms with Crippen LogP contribution in [-0.2, 0) is 11.2 Å². The highest BCUT2D eigenvalue weighted by Gasteiger charge is 2.11. The van der Waals surface area contributed by atoms with E-state index in [1.807, 2.05) is 30.3 Å². The van der Waals surface area contributed by atoms with E-state index in [0.29, 0.717) is 33.9 Å². The van der Waals surface area contributed by atoms with Gasteiger partial charge >= 0.3 is 0 Å². The van der Waals surface area contributed by atoms with Crippen LogP contribution in [0.2, 0.25) is 0 Å². The Kier molecular flexibility index (Phi) is 5.45.